The van der Waals surface area contributed by atoms with Gasteiger partial charge in [0.25, 0.3) is 0 Å². The number of fused-ring (bicyclic) bond motifs is 10. The SMILES string of the molecule is O=C1OCC2OC(O)C3OC(=O)c4cc(O)c(O)c(O)c4-c4c(cc(O)c(O)c4O)C(=O)O[C@@H]3[C@@H]2OC(=O)c2cc(O)c(O)c(O)c2-c2cc1c(O)c(O)c2O. The number of phenols is 12. The molecule has 0 radical (unpaired) electrons. The van der Waals surface area contributed by atoms with Gasteiger partial charge in [-0.2, -0.15) is 0 Å². The van der Waals surface area contributed by atoms with Gasteiger partial charge >= 0.3 is 23.9 Å². The maximum absolute atomic E-state index is 14.0. The van der Waals surface area contributed by atoms with Crippen LogP contribution in [-0.4, -0.2) is 128 Å². The Bertz CT molecular complexity index is 2440. The van der Waals surface area contributed by atoms with E-state index >= 15 is 0 Å². The molecule has 56 heavy (non-hydrogen) atoms. The zero-order valence-electron chi connectivity index (χ0n) is 27.4. The van der Waals surface area contributed by atoms with Crippen LogP contribution in [0, 0.1) is 0 Å². The third kappa shape index (κ3) is 5.34. The highest BCUT2D eigenvalue weighted by molar-refractivity contribution is 6.09. The molecule has 0 aliphatic carbocycles. The number of hydrogen-bond acceptors (Lipinski definition) is 22. The molecule has 3 aliphatic rings. The number of benzene rings is 4. The molecular weight excluding hydrogens is 760 g/mol. The predicted molar refractivity (Wildman–Crippen MR) is 173 cm³/mol. The van der Waals surface area contributed by atoms with Gasteiger partial charge < -0.3 is 90.1 Å². The van der Waals surface area contributed by atoms with Crippen LogP contribution in [0.4, 0.5) is 0 Å². The number of phenolic OH excluding ortho intramolecular Hbond substituents is 12. The lowest BCUT2D eigenvalue weighted by Crippen LogP contribution is -2.62. The number of carbonyl (C=O) groups excluding carboxylic acids is 4. The fourth-order valence-corrected chi connectivity index (χ4v) is 6.42. The fourth-order valence-electron chi connectivity index (χ4n) is 6.42. The quantitative estimate of drug-likeness (QED) is 0.0661. The first-order chi connectivity index (χ1) is 26.3. The van der Waals surface area contributed by atoms with Crippen LogP contribution in [0.15, 0.2) is 24.3 Å². The van der Waals surface area contributed by atoms with Crippen molar-refractivity contribution in [3.8, 4) is 91.2 Å². The molecule has 4 aromatic carbocycles. The molecule has 7 rings (SSSR count). The van der Waals surface area contributed by atoms with Crippen LogP contribution in [0.5, 0.6) is 69.0 Å². The summed E-state index contributed by atoms with van der Waals surface area (Å²) < 4.78 is 27.1. The van der Waals surface area contributed by atoms with Gasteiger partial charge in [-0.25, -0.2) is 19.2 Å². The van der Waals surface area contributed by atoms with Gasteiger partial charge in [0.2, 0.25) is 23.0 Å². The average Bonchev–Trinajstić information content (AvgIpc) is 3.15. The molecule has 3 aliphatic heterocycles. The molecule has 2 bridgehead atoms. The van der Waals surface area contributed by atoms with Gasteiger partial charge in [-0.1, -0.05) is 0 Å². The first-order valence-corrected chi connectivity index (χ1v) is 15.6. The van der Waals surface area contributed by atoms with Crippen molar-refractivity contribution < 1.29 is 109 Å². The minimum absolute atomic E-state index is 0.472. The van der Waals surface area contributed by atoms with E-state index in [4.69, 9.17) is 23.7 Å². The highest BCUT2D eigenvalue weighted by Crippen LogP contribution is 2.54. The maximum atomic E-state index is 14.0. The van der Waals surface area contributed by atoms with Crippen LogP contribution in [0.25, 0.3) is 22.3 Å². The van der Waals surface area contributed by atoms with Crippen molar-refractivity contribution in [2.45, 2.75) is 30.7 Å². The normalized spacial score (nSPS) is 21.8. The Morgan fingerprint density at radius 3 is 1.32 bits per heavy atom. The number of aliphatic hydroxyl groups is 1. The Morgan fingerprint density at radius 2 is 0.821 bits per heavy atom. The van der Waals surface area contributed by atoms with Crippen molar-refractivity contribution in [3.05, 3.63) is 46.5 Å². The van der Waals surface area contributed by atoms with Gasteiger partial charge in [-0.05, 0) is 24.3 Å². The highest BCUT2D eigenvalue weighted by atomic mass is 16.7. The van der Waals surface area contributed by atoms with E-state index in [-0.39, 0.29) is 0 Å². The van der Waals surface area contributed by atoms with Crippen LogP contribution in [0.3, 0.4) is 0 Å². The summed E-state index contributed by atoms with van der Waals surface area (Å²) >= 11 is 0. The summed E-state index contributed by atoms with van der Waals surface area (Å²) in [6, 6.07) is 2.07. The molecule has 3 unspecified atom stereocenters. The Balaban J connectivity index is 1.44. The van der Waals surface area contributed by atoms with E-state index in [9.17, 15) is 85.6 Å². The molecule has 13 N–H and O–H groups in total. The van der Waals surface area contributed by atoms with E-state index in [1.54, 1.807) is 0 Å². The minimum Gasteiger partial charge on any atom is -0.504 e. The number of rotatable bonds is 0. The predicted octanol–water partition coefficient (Wildman–Crippen LogP) is 0.665. The molecular formula is C34H24O22. The van der Waals surface area contributed by atoms with Crippen molar-refractivity contribution in [2.75, 3.05) is 6.61 Å². The number of ether oxygens (including phenoxy) is 5. The Labute approximate surface area is 308 Å². The van der Waals surface area contributed by atoms with Crippen LogP contribution in [-0.2, 0) is 23.7 Å². The minimum atomic E-state index is -2.42. The van der Waals surface area contributed by atoms with Gasteiger partial charge in [-0.15, -0.1) is 0 Å². The van der Waals surface area contributed by atoms with Gasteiger partial charge in [0.15, 0.2) is 70.6 Å². The Morgan fingerprint density at radius 1 is 0.411 bits per heavy atom. The van der Waals surface area contributed by atoms with Crippen molar-refractivity contribution in [3.63, 3.8) is 0 Å². The smallest absolute Gasteiger partial charge is 0.342 e. The summed E-state index contributed by atoms with van der Waals surface area (Å²) in [5, 5.41) is 137. The molecule has 0 amide bonds. The molecule has 22 nitrogen and oxygen atoms in total. The van der Waals surface area contributed by atoms with Crippen molar-refractivity contribution in [1.82, 2.24) is 0 Å². The van der Waals surface area contributed by atoms with Gasteiger partial charge in [0.05, 0.1) is 16.7 Å². The summed E-state index contributed by atoms with van der Waals surface area (Å²) in [6.07, 6.45) is -11.2. The summed E-state index contributed by atoms with van der Waals surface area (Å²) in [4.78, 5) is 55.1. The molecule has 22 heteroatoms. The number of esters is 4. The van der Waals surface area contributed by atoms with Crippen molar-refractivity contribution in [1.29, 1.82) is 0 Å². The number of cyclic esters (lactones) is 1. The van der Waals surface area contributed by atoms with Gasteiger partial charge in [-0.3, -0.25) is 0 Å². The summed E-state index contributed by atoms with van der Waals surface area (Å²) in [5.74, 6) is -22.0. The van der Waals surface area contributed by atoms with Gasteiger partial charge in [0, 0.05) is 22.3 Å². The van der Waals surface area contributed by atoms with Crippen LogP contribution < -0.4 is 0 Å². The van der Waals surface area contributed by atoms with Crippen LogP contribution in [0.1, 0.15) is 41.4 Å². The van der Waals surface area contributed by atoms with E-state index in [2.05, 4.69) is 0 Å². The Hall–Kier alpha value is -7.72. The van der Waals surface area contributed by atoms with E-state index < -0.39 is 175 Å². The monoisotopic (exact) mass is 784 g/mol. The molecule has 292 valence electrons. The molecule has 0 spiro atoms. The largest absolute Gasteiger partial charge is 0.504 e. The number of aliphatic hydroxyl groups excluding tert-OH is 1. The maximum Gasteiger partial charge on any atom is 0.342 e. The summed E-state index contributed by atoms with van der Waals surface area (Å²) in [5.41, 5.74) is -7.58. The fraction of sp³-hybridized carbons (Fsp3) is 0.176. The molecule has 1 saturated heterocycles. The van der Waals surface area contributed by atoms with E-state index in [0.717, 1.165) is 0 Å². The lowest BCUT2D eigenvalue weighted by atomic mass is 9.91. The zero-order chi connectivity index (χ0) is 40.8. The molecule has 0 saturated carbocycles. The third-order valence-electron chi connectivity index (χ3n) is 9.13. The number of aromatic hydroxyl groups is 12. The zero-order valence-corrected chi connectivity index (χ0v) is 27.4. The molecule has 1 fully saturated rings. The molecule has 3 heterocycles. The first kappa shape index (κ1) is 36.6. The van der Waals surface area contributed by atoms with E-state index in [1.165, 1.54) is 0 Å². The highest BCUT2D eigenvalue weighted by Gasteiger charge is 2.54. The first-order valence-electron chi connectivity index (χ1n) is 15.6. The topological polar surface area (TPSA) is 377 Å². The van der Waals surface area contributed by atoms with Crippen LogP contribution >= 0.6 is 0 Å². The average molecular weight is 785 g/mol. The number of carbonyl (C=O) groups is 4. The second kappa shape index (κ2) is 12.7. The van der Waals surface area contributed by atoms with E-state index in [0.29, 0.717) is 24.3 Å². The summed E-state index contributed by atoms with van der Waals surface area (Å²) in [7, 11) is 0. The lowest BCUT2D eigenvalue weighted by Gasteiger charge is -2.43. The summed E-state index contributed by atoms with van der Waals surface area (Å²) in [6.45, 7) is -1.09. The lowest BCUT2D eigenvalue weighted by molar-refractivity contribution is -0.284. The molecule has 0 aromatic heterocycles. The second-order valence-electron chi connectivity index (χ2n) is 12.3. The van der Waals surface area contributed by atoms with Crippen molar-refractivity contribution >= 4 is 23.9 Å². The van der Waals surface area contributed by atoms with Crippen molar-refractivity contribution in [2.24, 2.45) is 0 Å². The standard InChI is InChI=1S/C34H24O22/c35-11-2-7-15(23(43)20(11)40)6-1-10(19(39)26(46)18(6)38)30(47)52-5-14-27(54-31(7)48)28-29(34(51)53-14)56-33(50)9-4-13(37)22(42)25(45)17(9)16-8(32(49)55-28)3-12(36)21(41)24(16)44/h1-4,14,27-29,34-46,51H,5H2/t14?,27-,28-,29?,34?/m1/s1. The number of hydrogen-bond donors (Lipinski definition) is 13. The van der Waals surface area contributed by atoms with E-state index in [1.807, 2.05) is 0 Å². The molecule has 4 aromatic rings. The Kier molecular flexibility index (Phi) is 8.31. The second-order valence-corrected chi connectivity index (χ2v) is 12.3. The van der Waals surface area contributed by atoms with Gasteiger partial charge in [0.1, 0.15) is 18.3 Å². The molecule has 5 atom stereocenters. The third-order valence-corrected chi connectivity index (χ3v) is 9.13. The van der Waals surface area contributed by atoms with Crippen LogP contribution in [0.2, 0.25) is 0 Å².